The Hall–Kier alpha value is -2.11. The zero-order chi connectivity index (χ0) is 22.4. The number of imide groups is 1. The molecule has 164 valence electrons. The average molecular weight is 420 g/mol. The third kappa shape index (κ3) is 6.44. The minimum Gasteiger partial charge on any atom is -0.463 e. The first kappa shape index (κ1) is 21.6. The van der Waals surface area contributed by atoms with Gasteiger partial charge in [-0.2, -0.15) is 0 Å². The van der Waals surface area contributed by atoms with Crippen molar-refractivity contribution in [2.45, 2.75) is 76.1 Å². The number of aliphatic hydroxyl groups is 2. The van der Waals surface area contributed by atoms with E-state index in [1.165, 1.54) is 0 Å². The van der Waals surface area contributed by atoms with Gasteiger partial charge in [-0.15, -0.1) is 0 Å². The molecule has 6 atom stereocenters. The predicted octanol–water partition coefficient (Wildman–Crippen LogP) is -0.840. The maximum Gasteiger partial charge on any atom is 0.305 e. The minimum atomic E-state index is -1.98. The topological polar surface area (TPSA) is 142 Å². The van der Waals surface area contributed by atoms with Crippen molar-refractivity contribution in [3.8, 4) is 0 Å². The van der Waals surface area contributed by atoms with Crippen LogP contribution in [-0.4, -0.2) is 82.7 Å². The fourth-order valence-corrected chi connectivity index (χ4v) is 3.16. The fraction of sp³-hybridized carbons (Fsp3) is 0.778. The molecule has 0 radical (unpaired) electrons. The van der Waals surface area contributed by atoms with Crippen LogP contribution in [-0.2, 0) is 28.7 Å². The number of rotatable bonds is 9. The Bertz CT molecular complexity index is 666. The van der Waals surface area contributed by atoms with Crippen molar-refractivity contribution in [1.29, 1.82) is 0 Å². The summed E-state index contributed by atoms with van der Waals surface area (Å²) in [6, 6.07) is -1.33. The van der Waals surface area contributed by atoms with Gasteiger partial charge in [0.2, 0.25) is 17.7 Å². The molecule has 2 fully saturated rings. The van der Waals surface area contributed by atoms with Crippen LogP contribution in [0.5, 0.6) is 0 Å². The molecular formula is C18H27FN2O8. The van der Waals surface area contributed by atoms with Gasteiger partial charge < -0.3 is 25.0 Å². The van der Waals surface area contributed by atoms with Gasteiger partial charge in [0.05, 0.1) is 0 Å². The Balaban J connectivity index is 1.64. The summed E-state index contributed by atoms with van der Waals surface area (Å²) in [5.74, 6) is -2.06. The van der Waals surface area contributed by atoms with Crippen molar-refractivity contribution in [2.75, 3.05) is 13.2 Å². The SMILES string of the molecule is [3H]C1CC(=O)N(CCCCCC(=O)OC[C@H]2OC(O)[C@H](NC(C)=O)[C@@H](O)[C@@H]2F)C1=O. The zero-order valence-corrected chi connectivity index (χ0v) is 16.1. The van der Waals surface area contributed by atoms with E-state index in [2.05, 4.69) is 5.32 Å². The van der Waals surface area contributed by atoms with Crippen LogP contribution in [0.3, 0.4) is 0 Å². The summed E-state index contributed by atoms with van der Waals surface area (Å²) in [4.78, 5) is 47.1. The Labute approximate surface area is 168 Å². The standard InChI is InChI=1S/C18H27FN2O8/c1-10(22)20-16-17(26)15(19)11(29-18(16)27)9-28-14(25)5-3-2-4-8-21-12(23)6-7-13(21)24/h11,15-18,26-27H,2-9H2,1H3,(H,20,22)/t11-,15-,16-,17+,18?/m1/s1/i6T/t6?,11-,15-,16-,17+,18?. The molecule has 0 saturated carbocycles. The molecule has 0 aromatic heterocycles. The van der Waals surface area contributed by atoms with Crippen molar-refractivity contribution in [2.24, 2.45) is 0 Å². The number of nitrogens with one attached hydrogen (secondary N) is 1. The van der Waals surface area contributed by atoms with Gasteiger partial charge in [-0.1, -0.05) is 6.42 Å². The van der Waals surface area contributed by atoms with Crippen LogP contribution < -0.4 is 5.32 Å². The lowest BCUT2D eigenvalue weighted by Crippen LogP contribution is -2.62. The molecule has 0 spiro atoms. The number of unbranched alkanes of at least 4 members (excludes halogenated alkanes) is 2. The molecule has 2 aliphatic heterocycles. The monoisotopic (exact) mass is 420 g/mol. The maximum absolute atomic E-state index is 14.3. The van der Waals surface area contributed by atoms with Crippen LogP contribution >= 0.6 is 0 Å². The number of amides is 3. The molecule has 0 aromatic rings. The predicted molar refractivity (Wildman–Crippen MR) is 94.8 cm³/mol. The summed E-state index contributed by atoms with van der Waals surface area (Å²) in [6.07, 6.45) is -6.40. The van der Waals surface area contributed by atoms with E-state index in [0.29, 0.717) is 19.3 Å². The van der Waals surface area contributed by atoms with E-state index in [0.717, 1.165) is 11.8 Å². The zero-order valence-electron chi connectivity index (χ0n) is 17.1. The summed E-state index contributed by atoms with van der Waals surface area (Å²) < 4.78 is 31.6. The number of hydrogen-bond donors (Lipinski definition) is 3. The van der Waals surface area contributed by atoms with Crippen molar-refractivity contribution >= 4 is 23.7 Å². The van der Waals surface area contributed by atoms with E-state index < -0.39 is 61.5 Å². The Morgan fingerprint density at radius 1 is 1.31 bits per heavy atom. The Morgan fingerprint density at radius 2 is 2.03 bits per heavy atom. The second kappa shape index (κ2) is 10.6. The van der Waals surface area contributed by atoms with Gasteiger partial charge in [0.25, 0.3) is 0 Å². The number of ether oxygens (including phenoxy) is 2. The molecule has 3 amide bonds. The molecule has 0 bridgehead atoms. The van der Waals surface area contributed by atoms with E-state index in [1.54, 1.807) is 0 Å². The van der Waals surface area contributed by atoms with Crippen LogP contribution in [0.25, 0.3) is 0 Å². The number of esters is 1. The molecule has 11 heteroatoms. The van der Waals surface area contributed by atoms with Crippen molar-refractivity contribution < 1.29 is 44.6 Å². The molecule has 10 nitrogen and oxygen atoms in total. The number of aliphatic hydroxyl groups excluding tert-OH is 2. The quantitative estimate of drug-likeness (QED) is 0.249. The number of hydrogen-bond acceptors (Lipinski definition) is 8. The van der Waals surface area contributed by atoms with E-state index >= 15 is 0 Å². The smallest absolute Gasteiger partial charge is 0.305 e. The normalized spacial score (nSPS) is 32.8. The molecule has 2 saturated heterocycles. The highest BCUT2D eigenvalue weighted by Crippen LogP contribution is 2.23. The van der Waals surface area contributed by atoms with Gasteiger partial charge in [0.1, 0.15) is 24.9 Å². The Morgan fingerprint density at radius 3 is 2.66 bits per heavy atom. The molecule has 0 aliphatic carbocycles. The molecule has 0 aromatic carbocycles. The first-order valence-electron chi connectivity index (χ1n) is 10.0. The molecule has 29 heavy (non-hydrogen) atoms. The van der Waals surface area contributed by atoms with Gasteiger partial charge >= 0.3 is 5.97 Å². The van der Waals surface area contributed by atoms with E-state index in [9.17, 15) is 33.8 Å². The summed E-state index contributed by atoms with van der Waals surface area (Å²) in [5.41, 5.74) is 0. The minimum absolute atomic E-state index is 0.0201. The number of carbonyl (C=O) groups excluding carboxylic acids is 4. The molecule has 2 unspecified atom stereocenters. The van der Waals surface area contributed by atoms with Crippen LogP contribution in [0.15, 0.2) is 0 Å². The molecule has 3 N–H and O–H groups in total. The number of nitrogens with zero attached hydrogens (tertiary/aromatic N) is 1. The van der Waals surface area contributed by atoms with Crippen LogP contribution in [0.2, 0.25) is 0 Å². The number of halogens is 1. The van der Waals surface area contributed by atoms with Gasteiger partial charge in [-0.3, -0.25) is 24.1 Å². The van der Waals surface area contributed by atoms with Gasteiger partial charge in [0, 0.05) is 34.1 Å². The lowest BCUT2D eigenvalue weighted by molar-refractivity contribution is -0.242. The second-order valence-electron chi connectivity index (χ2n) is 7.01. The van der Waals surface area contributed by atoms with Crippen molar-refractivity contribution in [3.63, 3.8) is 0 Å². The summed E-state index contributed by atoms with van der Waals surface area (Å²) in [6.45, 7) is 0.836. The first-order chi connectivity index (χ1) is 14.1. The van der Waals surface area contributed by atoms with Gasteiger partial charge in [-0.25, -0.2) is 4.39 Å². The number of likely N-dealkylation sites (tertiary alicyclic amines) is 1. The van der Waals surface area contributed by atoms with E-state index in [-0.39, 0.29) is 25.3 Å². The van der Waals surface area contributed by atoms with Crippen molar-refractivity contribution in [1.82, 2.24) is 10.2 Å². The highest BCUT2D eigenvalue weighted by atomic mass is 19.1. The third-order valence-electron chi connectivity index (χ3n) is 4.73. The maximum atomic E-state index is 14.3. The number of carbonyl (C=O) groups is 4. The summed E-state index contributed by atoms with van der Waals surface area (Å²) in [7, 11) is 0. The lowest BCUT2D eigenvalue weighted by atomic mass is 9.98. The third-order valence-corrected chi connectivity index (χ3v) is 4.73. The summed E-state index contributed by atoms with van der Waals surface area (Å²) in [5, 5.41) is 21.9. The van der Waals surface area contributed by atoms with Crippen molar-refractivity contribution in [3.05, 3.63) is 0 Å². The average Bonchev–Trinajstić information content (AvgIpc) is 2.92. The molecule has 2 rings (SSSR count). The summed E-state index contributed by atoms with van der Waals surface area (Å²) >= 11 is 0. The second-order valence-corrected chi connectivity index (χ2v) is 7.01. The molecule has 2 heterocycles. The highest BCUT2D eigenvalue weighted by Gasteiger charge is 2.45. The van der Waals surface area contributed by atoms with Crippen LogP contribution in [0.1, 0.15) is 46.8 Å². The van der Waals surface area contributed by atoms with Gasteiger partial charge in [0.15, 0.2) is 12.5 Å². The molecular weight excluding hydrogens is 391 g/mol. The lowest BCUT2D eigenvalue weighted by Gasteiger charge is -2.39. The first-order valence-corrected chi connectivity index (χ1v) is 9.46. The largest absolute Gasteiger partial charge is 0.463 e. The van der Waals surface area contributed by atoms with Crippen LogP contribution in [0, 0.1) is 0 Å². The fourth-order valence-electron chi connectivity index (χ4n) is 3.16. The van der Waals surface area contributed by atoms with Gasteiger partial charge in [-0.05, 0) is 12.8 Å². The Kier molecular flexibility index (Phi) is 7.90. The highest BCUT2D eigenvalue weighted by molar-refractivity contribution is 6.01. The van der Waals surface area contributed by atoms with Crippen LogP contribution in [0.4, 0.5) is 4.39 Å². The van der Waals surface area contributed by atoms with E-state index in [4.69, 9.17) is 10.8 Å². The van der Waals surface area contributed by atoms with E-state index in [1.807, 2.05) is 0 Å². The number of alkyl halides is 1. The molecule has 2 aliphatic rings.